The molecule has 1 aromatic carbocycles. The second-order valence-corrected chi connectivity index (χ2v) is 3.36. The quantitative estimate of drug-likeness (QED) is 0.492. The lowest BCUT2D eigenvalue weighted by molar-refractivity contribution is -0.137. The van der Waals surface area contributed by atoms with Gasteiger partial charge in [0.15, 0.2) is 0 Å². The van der Waals surface area contributed by atoms with E-state index in [0.717, 1.165) is 5.56 Å². The molecule has 1 N–H and O–H groups in total. The van der Waals surface area contributed by atoms with Gasteiger partial charge in [0.05, 0.1) is 6.61 Å². The summed E-state index contributed by atoms with van der Waals surface area (Å²) in [5.41, 5.74) is 1.19. The van der Waals surface area contributed by atoms with E-state index >= 15 is 0 Å². The summed E-state index contributed by atoms with van der Waals surface area (Å²) in [6, 6.07) is 6.94. The number of ketones is 1. The Kier molecular flexibility index (Phi) is 7.63. The highest BCUT2D eigenvalue weighted by molar-refractivity contribution is 6.40. The van der Waals surface area contributed by atoms with Crippen LogP contribution in [0, 0.1) is 6.92 Å². The average Bonchev–Trinajstić information content (AvgIpc) is 2.30. The molecule has 0 amide bonds. The van der Waals surface area contributed by atoms with Crippen molar-refractivity contribution in [3.63, 3.8) is 0 Å². The van der Waals surface area contributed by atoms with Crippen LogP contribution in [0.1, 0.15) is 22.8 Å². The summed E-state index contributed by atoms with van der Waals surface area (Å²) >= 11 is 0. The van der Waals surface area contributed by atoms with E-state index in [4.69, 9.17) is 0 Å². The number of esters is 1. The van der Waals surface area contributed by atoms with Gasteiger partial charge in [-0.05, 0) is 33.5 Å². The van der Waals surface area contributed by atoms with E-state index in [2.05, 4.69) is 10.1 Å². The molecule has 0 radical (unpaired) electrons. The maximum atomic E-state index is 11.5. The van der Waals surface area contributed by atoms with E-state index in [1.165, 1.54) is 0 Å². The summed E-state index contributed by atoms with van der Waals surface area (Å²) < 4.78 is 4.62. The fraction of sp³-hybridized carbons (Fsp3) is 0.385. The third-order valence-electron chi connectivity index (χ3n) is 1.85. The fourth-order valence-corrected chi connectivity index (χ4v) is 1.13. The maximum absolute atomic E-state index is 11.5. The van der Waals surface area contributed by atoms with Gasteiger partial charge < -0.3 is 10.1 Å². The smallest absolute Gasteiger partial charge is 0.379 e. The van der Waals surface area contributed by atoms with E-state index in [0.29, 0.717) is 5.56 Å². The van der Waals surface area contributed by atoms with Crippen LogP contribution in [0.2, 0.25) is 0 Å². The molecule has 0 fully saturated rings. The molecule has 1 aromatic rings. The minimum absolute atomic E-state index is 0.219. The molecule has 0 saturated carbocycles. The van der Waals surface area contributed by atoms with Crippen molar-refractivity contribution < 1.29 is 14.3 Å². The summed E-state index contributed by atoms with van der Waals surface area (Å²) in [6.45, 7) is 3.67. The lowest BCUT2D eigenvalue weighted by atomic mass is 10.1. The Morgan fingerprint density at radius 1 is 1.24 bits per heavy atom. The standard InChI is InChI=1S/C11H12O3.C2H7N/c1-3-14-11(13)10(12)9-7-5-4-6-8(9)2;1-3-2/h4-7H,3H2,1-2H3;3H,1-2H3. The van der Waals surface area contributed by atoms with Gasteiger partial charge in [-0.2, -0.15) is 0 Å². The molecule has 17 heavy (non-hydrogen) atoms. The van der Waals surface area contributed by atoms with Gasteiger partial charge in [-0.15, -0.1) is 0 Å². The lowest BCUT2D eigenvalue weighted by Gasteiger charge is -2.03. The molecule has 0 aliphatic carbocycles. The number of ether oxygens (including phenoxy) is 1. The molecule has 0 heterocycles. The molecule has 4 heteroatoms. The molecular formula is C13H19NO3. The molecule has 0 aliphatic heterocycles. The van der Waals surface area contributed by atoms with Gasteiger partial charge in [-0.1, -0.05) is 24.3 Å². The highest BCUT2D eigenvalue weighted by Crippen LogP contribution is 2.08. The minimum Gasteiger partial charge on any atom is -0.460 e. The van der Waals surface area contributed by atoms with Crippen LogP contribution in [0.15, 0.2) is 24.3 Å². The molecule has 1 rings (SSSR count). The monoisotopic (exact) mass is 237 g/mol. The maximum Gasteiger partial charge on any atom is 0.379 e. The first-order valence-electron chi connectivity index (χ1n) is 5.44. The van der Waals surface area contributed by atoms with Gasteiger partial charge in [0.25, 0.3) is 5.78 Å². The lowest BCUT2D eigenvalue weighted by Crippen LogP contribution is -2.18. The van der Waals surface area contributed by atoms with Crippen molar-refractivity contribution in [2.75, 3.05) is 20.7 Å². The van der Waals surface area contributed by atoms with E-state index in [1.807, 2.05) is 20.2 Å². The van der Waals surface area contributed by atoms with Crippen molar-refractivity contribution in [2.24, 2.45) is 0 Å². The van der Waals surface area contributed by atoms with Crippen molar-refractivity contribution in [1.82, 2.24) is 5.32 Å². The van der Waals surface area contributed by atoms with Crippen LogP contribution in [-0.4, -0.2) is 32.5 Å². The summed E-state index contributed by atoms with van der Waals surface area (Å²) in [5.74, 6) is -1.37. The number of Topliss-reactive ketones (excluding diaryl/α,β-unsaturated/α-hetero) is 1. The van der Waals surface area contributed by atoms with Crippen LogP contribution in [0.25, 0.3) is 0 Å². The van der Waals surface area contributed by atoms with Gasteiger partial charge in [0.2, 0.25) is 0 Å². The molecule has 0 spiro atoms. The minimum atomic E-state index is -0.790. The van der Waals surface area contributed by atoms with Crippen molar-refractivity contribution >= 4 is 11.8 Å². The Morgan fingerprint density at radius 3 is 2.24 bits per heavy atom. The predicted molar refractivity (Wildman–Crippen MR) is 67.1 cm³/mol. The Morgan fingerprint density at radius 2 is 1.76 bits per heavy atom. The SMILES string of the molecule is CCOC(=O)C(=O)c1ccccc1C.CNC. The largest absolute Gasteiger partial charge is 0.460 e. The summed E-state index contributed by atoms with van der Waals surface area (Å²) in [6.07, 6.45) is 0. The number of hydrogen-bond donors (Lipinski definition) is 1. The Bertz CT molecular complexity index is 375. The van der Waals surface area contributed by atoms with Crippen LogP contribution in [0.5, 0.6) is 0 Å². The van der Waals surface area contributed by atoms with E-state index < -0.39 is 11.8 Å². The van der Waals surface area contributed by atoms with E-state index in [9.17, 15) is 9.59 Å². The van der Waals surface area contributed by atoms with Gasteiger partial charge in [-0.3, -0.25) is 4.79 Å². The molecule has 0 aliphatic rings. The zero-order chi connectivity index (χ0) is 13.3. The topological polar surface area (TPSA) is 55.4 Å². The normalized spacial score (nSPS) is 8.94. The molecule has 0 unspecified atom stereocenters. The second kappa shape index (κ2) is 8.47. The molecule has 0 aromatic heterocycles. The van der Waals surface area contributed by atoms with Crippen LogP contribution in [-0.2, 0) is 9.53 Å². The van der Waals surface area contributed by atoms with E-state index in [1.54, 1.807) is 32.0 Å². The third kappa shape index (κ3) is 5.26. The van der Waals surface area contributed by atoms with Gasteiger partial charge >= 0.3 is 5.97 Å². The average molecular weight is 237 g/mol. The molecule has 0 bridgehead atoms. The number of carbonyl (C=O) groups is 2. The first-order valence-corrected chi connectivity index (χ1v) is 5.44. The van der Waals surface area contributed by atoms with Gasteiger partial charge in [0, 0.05) is 5.56 Å². The predicted octanol–water partition coefficient (Wildman–Crippen LogP) is 1.58. The van der Waals surface area contributed by atoms with Crippen molar-refractivity contribution in [3.8, 4) is 0 Å². The number of hydrogen-bond acceptors (Lipinski definition) is 4. The molecule has 4 nitrogen and oxygen atoms in total. The zero-order valence-corrected chi connectivity index (χ0v) is 10.7. The van der Waals surface area contributed by atoms with Crippen molar-refractivity contribution in [3.05, 3.63) is 35.4 Å². The summed E-state index contributed by atoms with van der Waals surface area (Å²) in [4.78, 5) is 22.6. The number of aryl methyl sites for hydroxylation is 1. The van der Waals surface area contributed by atoms with Crippen LogP contribution >= 0.6 is 0 Å². The molecule has 94 valence electrons. The fourth-order valence-electron chi connectivity index (χ4n) is 1.13. The Hall–Kier alpha value is -1.68. The Labute approximate surface area is 102 Å². The first-order chi connectivity index (χ1) is 8.08. The van der Waals surface area contributed by atoms with Crippen molar-refractivity contribution in [2.45, 2.75) is 13.8 Å². The van der Waals surface area contributed by atoms with Crippen LogP contribution in [0.4, 0.5) is 0 Å². The van der Waals surface area contributed by atoms with Gasteiger partial charge in [0.1, 0.15) is 0 Å². The zero-order valence-electron chi connectivity index (χ0n) is 10.7. The molecular weight excluding hydrogens is 218 g/mol. The highest BCUT2D eigenvalue weighted by Gasteiger charge is 2.18. The number of benzene rings is 1. The molecule has 0 saturated heterocycles. The van der Waals surface area contributed by atoms with E-state index in [-0.39, 0.29) is 6.61 Å². The van der Waals surface area contributed by atoms with Gasteiger partial charge in [-0.25, -0.2) is 4.79 Å². The number of nitrogens with one attached hydrogen (secondary N) is 1. The summed E-state index contributed by atoms with van der Waals surface area (Å²) in [7, 11) is 3.75. The Balaban J connectivity index is 0.000000770. The first kappa shape index (κ1) is 15.3. The van der Waals surface area contributed by atoms with Crippen LogP contribution in [0.3, 0.4) is 0 Å². The third-order valence-corrected chi connectivity index (χ3v) is 1.85. The second-order valence-electron chi connectivity index (χ2n) is 3.36. The number of rotatable bonds is 3. The van der Waals surface area contributed by atoms with Crippen LogP contribution < -0.4 is 5.32 Å². The summed E-state index contributed by atoms with van der Waals surface area (Å²) in [5, 5.41) is 2.75. The molecule has 0 atom stereocenters. The number of carbonyl (C=O) groups excluding carboxylic acids is 2. The van der Waals surface area contributed by atoms with Crippen molar-refractivity contribution in [1.29, 1.82) is 0 Å². The highest BCUT2D eigenvalue weighted by atomic mass is 16.5.